The van der Waals surface area contributed by atoms with E-state index in [4.69, 9.17) is 4.74 Å². The second-order valence-electron chi connectivity index (χ2n) is 10.4. The molecule has 28 heavy (non-hydrogen) atoms. The van der Waals surface area contributed by atoms with Gasteiger partial charge in [-0.15, -0.1) is 0 Å². The van der Waals surface area contributed by atoms with Crippen molar-refractivity contribution in [3.05, 3.63) is 48.0 Å². The number of ether oxygens (including phenoxy) is 1. The first-order valence-electron chi connectivity index (χ1n) is 11.4. The van der Waals surface area contributed by atoms with Crippen LogP contribution in [-0.2, 0) is 16.1 Å². The van der Waals surface area contributed by atoms with E-state index in [-0.39, 0.29) is 5.41 Å². The fraction of sp³-hybridized carbons (Fsp3) is 0.654. The molecule has 3 fully saturated rings. The Hall–Kier alpha value is -1.41. The zero-order chi connectivity index (χ0) is 19.4. The Labute approximate surface area is 169 Å². The van der Waals surface area contributed by atoms with Crippen molar-refractivity contribution in [1.82, 2.24) is 0 Å². The molecule has 0 heterocycles. The summed E-state index contributed by atoms with van der Waals surface area (Å²) in [6, 6.07) is 10.6. The van der Waals surface area contributed by atoms with E-state index < -0.39 is 0 Å². The Morgan fingerprint density at radius 3 is 2.68 bits per heavy atom. The first-order valence-corrected chi connectivity index (χ1v) is 11.4. The molecule has 2 heteroatoms. The fourth-order valence-corrected chi connectivity index (χ4v) is 7.43. The Morgan fingerprint density at radius 2 is 1.86 bits per heavy atom. The first kappa shape index (κ1) is 18.6. The van der Waals surface area contributed by atoms with Gasteiger partial charge in [-0.25, -0.2) is 0 Å². The van der Waals surface area contributed by atoms with E-state index in [2.05, 4.69) is 50.3 Å². The van der Waals surface area contributed by atoms with E-state index in [0.717, 1.165) is 24.9 Å². The topological polar surface area (TPSA) is 26.3 Å². The van der Waals surface area contributed by atoms with Gasteiger partial charge >= 0.3 is 0 Å². The third kappa shape index (κ3) is 2.83. The highest BCUT2D eigenvalue weighted by atomic mass is 16.5. The molecule has 2 unspecified atom stereocenters. The molecular formula is C26H34O2. The number of hydrogen-bond donors (Lipinski definition) is 0. The number of carbonyl (C=O) groups excluding carboxylic acids is 1. The van der Waals surface area contributed by atoms with Crippen molar-refractivity contribution in [3.8, 4) is 0 Å². The number of ketones is 1. The second-order valence-corrected chi connectivity index (χ2v) is 10.4. The molecular weight excluding hydrogens is 344 g/mol. The molecule has 150 valence electrons. The molecule has 7 atom stereocenters. The molecule has 0 aromatic heterocycles. The lowest BCUT2D eigenvalue weighted by Crippen LogP contribution is -2.54. The van der Waals surface area contributed by atoms with E-state index in [9.17, 15) is 4.79 Å². The summed E-state index contributed by atoms with van der Waals surface area (Å²) < 4.78 is 6.34. The monoisotopic (exact) mass is 378 g/mol. The first-order chi connectivity index (χ1) is 13.5. The maximum Gasteiger partial charge on any atom is 0.161 e. The van der Waals surface area contributed by atoms with Crippen molar-refractivity contribution in [2.45, 2.75) is 71.5 Å². The normalized spacial score (nSPS) is 44.6. The van der Waals surface area contributed by atoms with Gasteiger partial charge in [0.05, 0.1) is 12.7 Å². The Morgan fingerprint density at radius 1 is 1.04 bits per heavy atom. The summed E-state index contributed by atoms with van der Waals surface area (Å²) in [6.45, 7) is 5.55. The Balaban J connectivity index is 1.27. The summed E-state index contributed by atoms with van der Waals surface area (Å²) in [5.41, 5.74) is 1.63. The highest BCUT2D eigenvalue weighted by molar-refractivity contribution is 5.97. The van der Waals surface area contributed by atoms with Crippen LogP contribution in [0.4, 0.5) is 0 Å². The molecule has 3 saturated carbocycles. The maximum absolute atomic E-state index is 12.5. The smallest absolute Gasteiger partial charge is 0.161 e. The molecule has 1 aromatic carbocycles. The quantitative estimate of drug-likeness (QED) is 0.649. The van der Waals surface area contributed by atoms with E-state index in [0.29, 0.717) is 29.1 Å². The van der Waals surface area contributed by atoms with Crippen LogP contribution in [0.3, 0.4) is 0 Å². The molecule has 0 N–H and O–H groups in total. The van der Waals surface area contributed by atoms with Gasteiger partial charge in [0.15, 0.2) is 5.78 Å². The van der Waals surface area contributed by atoms with Gasteiger partial charge in [-0.3, -0.25) is 4.79 Å². The lowest BCUT2D eigenvalue weighted by Gasteiger charge is -2.60. The number of allylic oxidation sites excluding steroid dienone is 2. The third-order valence-electron chi connectivity index (χ3n) is 9.22. The lowest BCUT2D eigenvalue weighted by atomic mass is 9.45. The molecule has 4 aliphatic carbocycles. The summed E-state index contributed by atoms with van der Waals surface area (Å²) in [5.74, 6) is 3.16. The van der Waals surface area contributed by atoms with E-state index >= 15 is 0 Å². The third-order valence-corrected chi connectivity index (χ3v) is 9.22. The van der Waals surface area contributed by atoms with Gasteiger partial charge in [0.1, 0.15) is 0 Å². The van der Waals surface area contributed by atoms with Crippen molar-refractivity contribution in [2.75, 3.05) is 0 Å². The number of fused-ring (bicyclic) bond motifs is 5. The van der Waals surface area contributed by atoms with Crippen LogP contribution in [0.15, 0.2) is 42.5 Å². The molecule has 5 rings (SSSR count). The number of benzene rings is 1. The van der Waals surface area contributed by atoms with Gasteiger partial charge in [-0.1, -0.05) is 50.3 Å². The average Bonchev–Trinajstić information content (AvgIpc) is 3.02. The minimum Gasteiger partial charge on any atom is -0.374 e. The van der Waals surface area contributed by atoms with Crippen molar-refractivity contribution < 1.29 is 9.53 Å². The number of carbonyl (C=O) groups is 1. The molecule has 0 spiro atoms. The maximum atomic E-state index is 12.5. The molecule has 2 nitrogen and oxygen atoms in total. The molecule has 4 aliphatic rings. The van der Waals surface area contributed by atoms with Crippen molar-refractivity contribution >= 4 is 5.78 Å². The van der Waals surface area contributed by atoms with Crippen molar-refractivity contribution in [3.63, 3.8) is 0 Å². The summed E-state index contributed by atoms with van der Waals surface area (Å²) >= 11 is 0. The van der Waals surface area contributed by atoms with E-state index in [1.807, 2.05) is 6.08 Å². The average molecular weight is 379 g/mol. The van der Waals surface area contributed by atoms with Gasteiger partial charge < -0.3 is 4.74 Å². The summed E-state index contributed by atoms with van der Waals surface area (Å²) in [4.78, 5) is 12.5. The SMILES string of the molecule is C[C@]12CC[C@H](OCc3ccccc3)CC1CC[C@H]1C3C=CC(=O)[C@@]3(C)CC[C@@H]12. The predicted octanol–water partition coefficient (Wildman–Crippen LogP) is 5.96. The standard InChI is InChI=1S/C26H34O2/c1-25-14-12-20(28-17-18-6-4-3-5-7-18)16-19(25)8-9-21-22-10-11-24(27)26(22,2)15-13-23(21)25/h3-7,10-11,19-23H,8-9,12-17H2,1-2H3/t19?,20-,21-,22?,23-,25-,26-/m0/s1. The molecule has 0 amide bonds. The van der Waals surface area contributed by atoms with Crippen LogP contribution in [0.1, 0.15) is 64.4 Å². The van der Waals surface area contributed by atoms with Crippen LogP contribution in [0.5, 0.6) is 0 Å². The Bertz CT molecular complexity index is 768. The van der Waals surface area contributed by atoms with Gasteiger partial charge in [0.25, 0.3) is 0 Å². The van der Waals surface area contributed by atoms with Crippen molar-refractivity contribution in [1.29, 1.82) is 0 Å². The van der Waals surface area contributed by atoms with Crippen LogP contribution >= 0.6 is 0 Å². The highest BCUT2D eigenvalue weighted by Crippen LogP contribution is 2.64. The largest absolute Gasteiger partial charge is 0.374 e. The van der Waals surface area contributed by atoms with Gasteiger partial charge in [-0.2, -0.15) is 0 Å². The summed E-state index contributed by atoms with van der Waals surface area (Å²) in [5, 5.41) is 0. The molecule has 0 aliphatic heterocycles. The van der Waals surface area contributed by atoms with Gasteiger partial charge in [-0.05, 0) is 85.7 Å². The zero-order valence-electron chi connectivity index (χ0n) is 17.4. The molecule has 0 radical (unpaired) electrons. The van der Waals surface area contributed by atoms with Crippen molar-refractivity contribution in [2.24, 2.45) is 34.5 Å². The predicted molar refractivity (Wildman–Crippen MR) is 112 cm³/mol. The zero-order valence-corrected chi connectivity index (χ0v) is 17.4. The van der Waals surface area contributed by atoms with Crippen LogP contribution in [0.2, 0.25) is 0 Å². The second kappa shape index (κ2) is 6.83. The molecule has 1 aromatic rings. The summed E-state index contributed by atoms with van der Waals surface area (Å²) in [7, 11) is 0. The van der Waals surface area contributed by atoms with Crippen LogP contribution in [0.25, 0.3) is 0 Å². The highest BCUT2D eigenvalue weighted by Gasteiger charge is 2.59. The van der Waals surface area contributed by atoms with E-state index in [1.54, 1.807) is 0 Å². The fourth-order valence-electron chi connectivity index (χ4n) is 7.43. The van der Waals surface area contributed by atoms with Crippen LogP contribution in [0, 0.1) is 34.5 Å². The van der Waals surface area contributed by atoms with Gasteiger partial charge in [0.2, 0.25) is 0 Å². The number of rotatable bonds is 3. The minimum atomic E-state index is -0.0969. The summed E-state index contributed by atoms with van der Waals surface area (Å²) in [6.07, 6.45) is 13.2. The molecule has 0 bridgehead atoms. The minimum absolute atomic E-state index is 0.0969. The van der Waals surface area contributed by atoms with E-state index in [1.165, 1.54) is 44.1 Å². The van der Waals surface area contributed by atoms with Crippen LogP contribution < -0.4 is 0 Å². The Kier molecular flexibility index (Phi) is 4.54. The molecule has 0 saturated heterocycles. The lowest BCUT2D eigenvalue weighted by molar-refractivity contribution is -0.143. The number of hydrogen-bond acceptors (Lipinski definition) is 2. The van der Waals surface area contributed by atoms with Crippen LogP contribution in [-0.4, -0.2) is 11.9 Å². The van der Waals surface area contributed by atoms with Gasteiger partial charge in [0, 0.05) is 5.41 Å².